The molecule has 2 aromatic rings. The Kier molecular flexibility index (Phi) is 7.66. The number of nitrogens with zero attached hydrogens (tertiary/aromatic N) is 2. The molecule has 0 spiro atoms. The van der Waals surface area contributed by atoms with E-state index in [1.165, 1.54) is 22.6 Å². The molecule has 1 aliphatic heterocycles. The van der Waals surface area contributed by atoms with Crippen molar-refractivity contribution < 1.29 is 17.9 Å². The van der Waals surface area contributed by atoms with Gasteiger partial charge in [-0.3, -0.25) is 9.10 Å². The van der Waals surface area contributed by atoms with Crippen molar-refractivity contribution in [2.45, 2.75) is 45.3 Å². The highest BCUT2D eigenvalue weighted by molar-refractivity contribution is 7.92. The third-order valence-electron chi connectivity index (χ3n) is 5.86. The number of anilines is 2. The van der Waals surface area contributed by atoms with E-state index in [9.17, 15) is 13.2 Å². The number of hydrogen-bond acceptors (Lipinski definition) is 5. The predicted molar refractivity (Wildman–Crippen MR) is 129 cm³/mol. The largest absolute Gasteiger partial charge is 0.481 e. The number of nitrogens with one attached hydrogen (secondary N) is 1. The lowest BCUT2D eigenvalue weighted by Gasteiger charge is -2.25. The fourth-order valence-electron chi connectivity index (χ4n) is 3.96. The lowest BCUT2D eigenvalue weighted by molar-refractivity contribution is -0.128. The number of benzene rings is 2. The van der Waals surface area contributed by atoms with E-state index in [0.717, 1.165) is 25.6 Å². The van der Waals surface area contributed by atoms with E-state index < -0.39 is 16.1 Å². The Hall–Kier alpha value is -2.74. The van der Waals surface area contributed by atoms with Gasteiger partial charge in [-0.15, -0.1) is 0 Å². The average Bonchev–Trinajstić information content (AvgIpc) is 3.09. The molecule has 0 radical (unpaired) electrons. The number of rotatable bonds is 10. The molecule has 1 amide bonds. The van der Waals surface area contributed by atoms with Gasteiger partial charge in [0, 0.05) is 31.9 Å². The molecule has 32 heavy (non-hydrogen) atoms. The first-order valence-corrected chi connectivity index (χ1v) is 12.9. The molecule has 0 fully saturated rings. The Morgan fingerprint density at radius 1 is 1.22 bits per heavy atom. The van der Waals surface area contributed by atoms with Gasteiger partial charge < -0.3 is 15.0 Å². The molecule has 0 bridgehead atoms. The van der Waals surface area contributed by atoms with Crippen LogP contribution in [0.25, 0.3) is 0 Å². The molecule has 0 saturated heterocycles. The highest BCUT2D eigenvalue weighted by Gasteiger charge is 2.25. The normalized spacial score (nSPS) is 16.4. The minimum Gasteiger partial charge on any atom is -0.481 e. The van der Waals surface area contributed by atoms with E-state index >= 15 is 0 Å². The quantitative estimate of drug-likeness (QED) is 0.552. The van der Waals surface area contributed by atoms with Gasteiger partial charge in [0.15, 0.2) is 6.10 Å². The molecule has 2 atom stereocenters. The van der Waals surface area contributed by atoms with Crippen molar-refractivity contribution in [3.8, 4) is 5.75 Å². The first-order chi connectivity index (χ1) is 15.2. The number of carbonyl (C=O) groups is 1. The minimum absolute atomic E-state index is 0.139. The maximum absolute atomic E-state index is 12.6. The second-order valence-electron chi connectivity index (χ2n) is 8.26. The first-order valence-electron chi connectivity index (χ1n) is 11.0. The summed E-state index contributed by atoms with van der Waals surface area (Å²) in [7, 11) is -1.83. The van der Waals surface area contributed by atoms with Gasteiger partial charge in [0.05, 0.1) is 11.9 Å². The average molecular weight is 460 g/mol. The molecule has 174 valence electrons. The number of para-hydroxylation sites is 1. The van der Waals surface area contributed by atoms with Crippen molar-refractivity contribution in [3.05, 3.63) is 54.1 Å². The van der Waals surface area contributed by atoms with Crippen LogP contribution in [0, 0.1) is 0 Å². The maximum Gasteiger partial charge on any atom is 0.261 e. The van der Waals surface area contributed by atoms with Gasteiger partial charge in [0.1, 0.15) is 5.75 Å². The summed E-state index contributed by atoms with van der Waals surface area (Å²) in [4.78, 5) is 15.0. The molecule has 2 aromatic carbocycles. The van der Waals surface area contributed by atoms with Crippen LogP contribution in [0.3, 0.4) is 0 Å². The molecule has 8 heteroatoms. The van der Waals surface area contributed by atoms with Crippen molar-refractivity contribution in [1.82, 2.24) is 5.32 Å². The molecule has 3 rings (SSSR count). The summed E-state index contributed by atoms with van der Waals surface area (Å²) in [6.45, 7) is 5.62. The fraction of sp³-hybridized carbons (Fsp3) is 0.458. The summed E-state index contributed by atoms with van der Waals surface area (Å²) in [6.07, 6.45) is 3.01. The molecule has 7 nitrogen and oxygen atoms in total. The van der Waals surface area contributed by atoms with Crippen LogP contribution in [0.2, 0.25) is 0 Å². The minimum atomic E-state index is -3.32. The standard InChI is InChI=1S/C24H33N3O4S/c1-5-23(31-21-13-11-20(12-14-21)26(3)32(4,29)30)24(28)25-15-8-16-27-18(2)17-19-9-6-7-10-22(19)27/h6-7,9-14,18,23H,5,8,15-17H2,1-4H3,(H,25,28)/t18-,23+/m0/s1. The van der Waals surface area contributed by atoms with E-state index in [2.05, 4.69) is 41.4 Å². The Labute approximate surface area is 191 Å². The van der Waals surface area contributed by atoms with Crippen LogP contribution >= 0.6 is 0 Å². The van der Waals surface area contributed by atoms with E-state index in [1.54, 1.807) is 24.3 Å². The van der Waals surface area contributed by atoms with Crippen molar-refractivity contribution in [2.75, 3.05) is 35.6 Å². The first kappa shape index (κ1) is 23.9. The second kappa shape index (κ2) is 10.3. The zero-order chi connectivity index (χ0) is 23.3. The van der Waals surface area contributed by atoms with Gasteiger partial charge in [-0.25, -0.2) is 8.42 Å². The zero-order valence-corrected chi connectivity index (χ0v) is 20.1. The lowest BCUT2D eigenvalue weighted by Crippen LogP contribution is -2.39. The SMILES string of the molecule is CC[C@@H](Oc1ccc(N(C)S(C)(=O)=O)cc1)C(=O)NCCCN1c2ccccc2C[C@@H]1C. The van der Waals surface area contributed by atoms with Crippen molar-refractivity contribution >= 4 is 27.3 Å². The molecule has 0 saturated carbocycles. The molecule has 1 N–H and O–H groups in total. The van der Waals surface area contributed by atoms with E-state index in [0.29, 0.717) is 30.4 Å². The van der Waals surface area contributed by atoms with Gasteiger partial charge in [0.2, 0.25) is 10.0 Å². The third kappa shape index (κ3) is 5.73. The molecular formula is C24H33N3O4S. The Balaban J connectivity index is 1.48. The van der Waals surface area contributed by atoms with Gasteiger partial charge in [-0.05, 0) is 62.1 Å². The number of hydrogen-bond donors (Lipinski definition) is 1. The molecule has 0 aliphatic carbocycles. The van der Waals surface area contributed by atoms with Crippen molar-refractivity contribution in [2.24, 2.45) is 0 Å². The molecular weight excluding hydrogens is 426 g/mol. The number of fused-ring (bicyclic) bond motifs is 1. The summed E-state index contributed by atoms with van der Waals surface area (Å²) in [5.74, 6) is 0.389. The summed E-state index contributed by atoms with van der Waals surface area (Å²) in [6, 6.07) is 15.7. The lowest BCUT2D eigenvalue weighted by atomic mass is 10.1. The molecule has 0 unspecified atom stereocenters. The van der Waals surface area contributed by atoms with Crippen LogP contribution in [0.4, 0.5) is 11.4 Å². The summed E-state index contributed by atoms with van der Waals surface area (Å²) < 4.78 is 30.4. The van der Waals surface area contributed by atoms with Gasteiger partial charge >= 0.3 is 0 Å². The van der Waals surface area contributed by atoms with Crippen molar-refractivity contribution in [3.63, 3.8) is 0 Å². The molecule has 1 aliphatic rings. The van der Waals surface area contributed by atoms with Gasteiger partial charge in [-0.1, -0.05) is 25.1 Å². The van der Waals surface area contributed by atoms with Crippen LogP contribution in [-0.4, -0.2) is 52.9 Å². The van der Waals surface area contributed by atoms with Crippen LogP contribution in [0.15, 0.2) is 48.5 Å². The van der Waals surface area contributed by atoms with E-state index in [-0.39, 0.29) is 5.91 Å². The molecule has 0 aromatic heterocycles. The number of sulfonamides is 1. The summed E-state index contributed by atoms with van der Waals surface area (Å²) in [5, 5.41) is 2.99. The maximum atomic E-state index is 12.6. The fourth-order valence-corrected chi connectivity index (χ4v) is 4.46. The number of carbonyl (C=O) groups excluding carboxylic acids is 1. The smallest absolute Gasteiger partial charge is 0.261 e. The summed E-state index contributed by atoms with van der Waals surface area (Å²) >= 11 is 0. The number of amides is 1. The Morgan fingerprint density at radius 2 is 1.91 bits per heavy atom. The number of ether oxygens (including phenoxy) is 1. The van der Waals surface area contributed by atoms with E-state index in [1.807, 2.05) is 6.92 Å². The van der Waals surface area contributed by atoms with Crippen LogP contribution in [-0.2, 0) is 21.2 Å². The van der Waals surface area contributed by atoms with Crippen molar-refractivity contribution in [1.29, 1.82) is 0 Å². The van der Waals surface area contributed by atoms with Gasteiger partial charge in [-0.2, -0.15) is 0 Å². The van der Waals surface area contributed by atoms with E-state index in [4.69, 9.17) is 4.74 Å². The summed E-state index contributed by atoms with van der Waals surface area (Å²) in [5.41, 5.74) is 3.22. The van der Waals surface area contributed by atoms with Gasteiger partial charge in [0.25, 0.3) is 5.91 Å². The van der Waals surface area contributed by atoms with Crippen LogP contribution in [0.1, 0.15) is 32.3 Å². The topological polar surface area (TPSA) is 78.9 Å². The zero-order valence-electron chi connectivity index (χ0n) is 19.2. The van der Waals surface area contributed by atoms with Crippen LogP contribution in [0.5, 0.6) is 5.75 Å². The van der Waals surface area contributed by atoms with Crippen LogP contribution < -0.4 is 19.3 Å². The molecule has 1 heterocycles. The monoisotopic (exact) mass is 459 g/mol. The second-order valence-corrected chi connectivity index (χ2v) is 10.3. The third-order valence-corrected chi connectivity index (χ3v) is 7.07. The Bertz CT molecular complexity index is 1020. The highest BCUT2D eigenvalue weighted by Crippen LogP contribution is 2.31. The Morgan fingerprint density at radius 3 is 2.56 bits per heavy atom. The predicted octanol–water partition coefficient (Wildman–Crippen LogP) is 3.20. The highest BCUT2D eigenvalue weighted by atomic mass is 32.2.